The molecule has 0 aliphatic rings. The van der Waals surface area contributed by atoms with Gasteiger partial charge in [-0.3, -0.25) is 4.31 Å². The van der Waals surface area contributed by atoms with Gasteiger partial charge in [-0.25, -0.2) is 8.42 Å². The third-order valence-corrected chi connectivity index (χ3v) is 4.70. The van der Waals surface area contributed by atoms with Crippen molar-refractivity contribution in [3.05, 3.63) is 59.1 Å². The second-order valence-electron chi connectivity index (χ2n) is 4.83. The molecule has 0 aromatic heterocycles. The molecule has 0 atom stereocenters. The number of hydrogen-bond acceptors (Lipinski definition) is 3. The third kappa shape index (κ3) is 5.03. The van der Waals surface area contributed by atoms with Gasteiger partial charge in [0.05, 0.1) is 18.6 Å². The normalized spacial score (nSPS) is 11.2. The van der Waals surface area contributed by atoms with Crippen molar-refractivity contribution in [2.75, 3.05) is 23.7 Å². The molecule has 0 fully saturated rings. The van der Waals surface area contributed by atoms with Crippen molar-refractivity contribution in [3.63, 3.8) is 0 Å². The van der Waals surface area contributed by atoms with Crippen LogP contribution in [0.1, 0.15) is 6.42 Å². The Balaban J connectivity index is 1.97. The van der Waals surface area contributed by atoms with Crippen LogP contribution in [0.2, 0.25) is 0 Å². The Bertz CT molecular complexity index is 704. The highest BCUT2D eigenvalue weighted by Crippen LogP contribution is 2.22. The summed E-state index contributed by atoms with van der Waals surface area (Å²) in [7, 11) is -3.32. The molecule has 0 saturated heterocycles. The topological polar surface area (TPSA) is 46.6 Å². The SMILES string of the molecule is CS(=O)(=O)N(CCCOc1ccccc1)c1cccc(Br)c1. The van der Waals surface area contributed by atoms with Gasteiger partial charge in [-0.05, 0) is 30.3 Å². The lowest BCUT2D eigenvalue weighted by atomic mass is 10.3. The molecule has 4 nitrogen and oxygen atoms in total. The minimum atomic E-state index is -3.32. The summed E-state index contributed by atoms with van der Waals surface area (Å²) >= 11 is 3.36. The van der Waals surface area contributed by atoms with Crippen molar-refractivity contribution in [2.24, 2.45) is 0 Å². The van der Waals surface area contributed by atoms with E-state index in [4.69, 9.17) is 4.74 Å². The van der Waals surface area contributed by atoms with Crippen molar-refractivity contribution < 1.29 is 13.2 Å². The molecule has 0 aliphatic heterocycles. The molecule has 0 aliphatic carbocycles. The first-order valence-electron chi connectivity index (χ1n) is 6.88. The largest absolute Gasteiger partial charge is 0.494 e. The highest BCUT2D eigenvalue weighted by atomic mass is 79.9. The Morgan fingerprint density at radius 2 is 1.82 bits per heavy atom. The highest BCUT2D eigenvalue weighted by molar-refractivity contribution is 9.10. The fourth-order valence-electron chi connectivity index (χ4n) is 2.03. The number of anilines is 1. The first-order valence-corrected chi connectivity index (χ1v) is 9.52. The van der Waals surface area contributed by atoms with Gasteiger partial charge in [0.2, 0.25) is 10.0 Å². The lowest BCUT2D eigenvalue weighted by Gasteiger charge is -2.22. The molecule has 0 unspecified atom stereocenters. The van der Waals surface area contributed by atoms with Gasteiger partial charge in [0.1, 0.15) is 5.75 Å². The smallest absolute Gasteiger partial charge is 0.232 e. The molecule has 22 heavy (non-hydrogen) atoms. The summed E-state index contributed by atoms with van der Waals surface area (Å²) in [5.74, 6) is 0.788. The zero-order chi connectivity index (χ0) is 16.0. The van der Waals surface area contributed by atoms with E-state index in [-0.39, 0.29) is 0 Å². The van der Waals surface area contributed by atoms with E-state index in [1.165, 1.54) is 10.6 Å². The van der Waals surface area contributed by atoms with Crippen LogP contribution in [0.25, 0.3) is 0 Å². The minimum Gasteiger partial charge on any atom is -0.494 e. The van der Waals surface area contributed by atoms with Crippen molar-refractivity contribution in [1.82, 2.24) is 0 Å². The first-order chi connectivity index (χ1) is 10.5. The maximum atomic E-state index is 12.0. The summed E-state index contributed by atoms with van der Waals surface area (Å²) in [6, 6.07) is 16.7. The number of rotatable bonds is 7. The van der Waals surface area contributed by atoms with Crippen LogP contribution in [-0.2, 0) is 10.0 Å². The van der Waals surface area contributed by atoms with Crippen LogP contribution >= 0.6 is 15.9 Å². The summed E-state index contributed by atoms with van der Waals surface area (Å²) in [6.45, 7) is 0.839. The molecule has 2 aromatic carbocycles. The predicted octanol–water partition coefficient (Wildman–Crippen LogP) is 3.68. The monoisotopic (exact) mass is 383 g/mol. The van der Waals surface area contributed by atoms with E-state index in [9.17, 15) is 8.42 Å². The third-order valence-electron chi connectivity index (χ3n) is 3.01. The molecular weight excluding hydrogens is 366 g/mol. The molecule has 6 heteroatoms. The lowest BCUT2D eigenvalue weighted by molar-refractivity contribution is 0.313. The standard InChI is InChI=1S/C16H18BrNO3S/c1-22(19,20)18(15-8-5-7-14(17)13-15)11-6-12-21-16-9-3-2-4-10-16/h2-5,7-10,13H,6,11-12H2,1H3. The van der Waals surface area contributed by atoms with E-state index in [0.29, 0.717) is 25.3 Å². The van der Waals surface area contributed by atoms with Gasteiger partial charge in [-0.15, -0.1) is 0 Å². The van der Waals surface area contributed by atoms with Gasteiger partial charge in [0, 0.05) is 17.4 Å². The Labute approximate surface area is 139 Å². The van der Waals surface area contributed by atoms with Gasteiger partial charge in [0.15, 0.2) is 0 Å². The van der Waals surface area contributed by atoms with Crippen LogP contribution in [0.4, 0.5) is 5.69 Å². The molecule has 0 spiro atoms. The van der Waals surface area contributed by atoms with Crippen LogP contribution in [0.3, 0.4) is 0 Å². The molecule has 0 heterocycles. The second-order valence-corrected chi connectivity index (χ2v) is 7.65. The molecule has 0 amide bonds. The summed E-state index contributed by atoms with van der Waals surface area (Å²) < 4.78 is 31.8. The van der Waals surface area contributed by atoms with E-state index in [1.807, 2.05) is 42.5 Å². The summed E-state index contributed by atoms with van der Waals surface area (Å²) in [4.78, 5) is 0. The average Bonchev–Trinajstić information content (AvgIpc) is 2.47. The zero-order valence-electron chi connectivity index (χ0n) is 12.3. The molecule has 0 N–H and O–H groups in total. The summed E-state index contributed by atoms with van der Waals surface area (Å²) in [5.41, 5.74) is 0.650. The minimum absolute atomic E-state index is 0.377. The van der Waals surface area contributed by atoms with E-state index < -0.39 is 10.0 Å². The van der Waals surface area contributed by atoms with E-state index in [1.54, 1.807) is 12.1 Å². The van der Waals surface area contributed by atoms with Crippen molar-refractivity contribution in [2.45, 2.75) is 6.42 Å². The predicted molar refractivity (Wildman–Crippen MR) is 92.9 cm³/mol. The van der Waals surface area contributed by atoms with Gasteiger partial charge in [0.25, 0.3) is 0 Å². The number of halogens is 1. The maximum Gasteiger partial charge on any atom is 0.232 e. The highest BCUT2D eigenvalue weighted by Gasteiger charge is 2.17. The Kier molecular flexibility index (Phi) is 5.85. The fraction of sp³-hybridized carbons (Fsp3) is 0.250. The van der Waals surface area contributed by atoms with Crippen LogP contribution in [0.15, 0.2) is 59.1 Å². The summed E-state index contributed by atoms with van der Waals surface area (Å²) in [5, 5.41) is 0. The van der Waals surface area contributed by atoms with Gasteiger partial charge < -0.3 is 4.74 Å². The number of nitrogens with zero attached hydrogens (tertiary/aromatic N) is 1. The Morgan fingerprint density at radius 3 is 2.45 bits per heavy atom. The zero-order valence-corrected chi connectivity index (χ0v) is 14.7. The summed E-state index contributed by atoms with van der Waals surface area (Å²) in [6.07, 6.45) is 1.82. The van der Waals surface area contributed by atoms with E-state index >= 15 is 0 Å². The molecule has 2 aromatic rings. The quantitative estimate of drug-likeness (QED) is 0.685. The average molecular weight is 384 g/mol. The fourth-order valence-corrected chi connectivity index (χ4v) is 3.38. The van der Waals surface area contributed by atoms with Crippen molar-refractivity contribution in [3.8, 4) is 5.75 Å². The number of sulfonamides is 1. The molecule has 0 bridgehead atoms. The number of ether oxygens (including phenoxy) is 1. The molecule has 0 radical (unpaired) electrons. The van der Waals surface area contributed by atoms with Crippen LogP contribution in [-0.4, -0.2) is 27.8 Å². The first kappa shape index (κ1) is 16.8. The Morgan fingerprint density at radius 1 is 1.09 bits per heavy atom. The number of benzene rings is 2. The van der Waals surface area contributed by atoms with Gasteiger partial charge in [-0.2, -0.15) is 0 Å². The van der Waals surface area contributed by atoms with Gasteiger partial charge >= 0.3 is 0 Å². The lowest BCUT2D eigenvalue weighted by Crippen LogP contribution is -2.31. The van der Waals surface area contributed by atoms with E-state index in [0.717, 1.165) is 10.2 Å². The molecule has 118 valence electrons. The van der Waals surface area contributed by atoms with Gasteiger partial charge in [-0.1, -0.05) is 40.2 Å². The molecule has 0 saturated carbocycles. The van der Waals surface area contributed by atoms with Crippen LogP contribution < -0.4 is 9.04 Å². The molecular formula is C16H18BrNO3S. The molecule has 2 rings (SSSR count). The number of hydrogen-bond donors (Lipinski definition) is 0. The maximum absolute atomic E-state index is 12.0. The van der Waals surface area contributed by atoms with E-state index in [2.05, 4.69) is 15.9 Å². The number of para-hydroxylation sites is 1. The Hall–Kier alpha value is -1.53. The van der Waals surface area contributed by atoms with Crippen LogP contribution in [0.5, 0.6) is 5.75 Å². The van der Waals surface area contributed by atoms with Crippen molar-refractivity contribution in [1.29, 1.82) is 0 Å². The second kappa shape index (κ2) is 7.65. The van der Waals surface area contributed by atoms with Crippen molar-refractivity contribution >= 4 is 31.6 Å². The van der Waals surface area contributed by atoms with Crippen LogP contribution in [0, 0.1) is 0 Å².